The van der Waals surface area contributed by atoms with Gasteiger partial charge in [0.05, 0.1) is 13.2 Å². The number of hydrogen-bond acceptors (Lipinski definition) is 5. The molecule has 8 heteroatoms. The molecule has 1 aliphatic rings. The Morgan fingerprint density at radius 2 is 2.32 bits per heavy atom. The number of rotatable bonds is 5. The third kappa shape index (κ3) is 4.11. The van der Waals surface area contributed by atoms with Gasteiger partial charge < -0.3 is 15.0 Å². The van der Waals surface area contributed by atoms with Crippen LogP contribution >= 0.6 is 11.6 Å². The monoisotopic (exact) mass is 363 g/mol. The molecule has 1 atom stereocenters. The normalized spacial score (nSPS) is 17.6. The van der Waals surface area contributed by atoms with Crippen molar-refractivity contribution in [2.75, 3.05) is 31.6 Å². The quantitative estimate of drug-likeness (QED) is 0.881. The SMILES string of the molecule is Cc1ccc(NCCC(=O)N2CCOCC2c2ncnn2C)cc1Cl. The van der Waals surface area contributed by atoms with E-state index >= 15 is 0 Å². The first kappa shape index (κ1) is 17.7. The Morgan fingerprint density at radius 3 is 3.04 bits per heavy atom. The van der Waals surface area contributed by atoms with E-state index in [1.165, 1.54) is 6.33 Å². The van der Waals surface area contributed by atoms with Crippen LogP contribution in [0.4, 0.5) is 5.69 Å². The smallest absolute Gasteiger partial charge is 0.225 e. The van der Waals surface area contributed by atoms with Gasteiger partial charge in [0.15, 0.2) is 5.82 Å². The minimum Gasteiger partial charge on any atom is -0.384 e. The molecule has 1 saturated heterocycles. The second-order valence-electron chi connectivity index (χ2n) is 6.06. The summed E-state index contributed by atoms with van der Waals surface area (Å²) in [5, 5.41) is 8.05. The van der Waals surface area contributed by atoms with Gasteiger partial charge in [-0.2, -0.15) is 5.10 Å². The third-order valence-electron chi connectivity index (χ3n) is 4.33. The second kappa shape index (κ2) is 7.84. The summed E-state index contributed by atoms with van der Waals surface area (Å²) in [6.07, 6.45) is 1.88. The lowest BCUT2D eigenvalue weighted by Gasteiger charge is -2.35. The molecule has 0 bridgehead atoms. The second-order valence-corrected chi connectivity index (χ2v) is 6.47. The van der Waals surface area contributed by atoms with Crippen molar-refractivity contribution in [1.82, 2.24) is 19.7 Å². The van der Waals surface area contributed by atoms with Crippen LogP contribution in [-0.4, -0.2) is 51.9 Å². The fraction of sp³-hybridized carbons (Fsp3) is 0.471. The van der Waals surface area contributed by atoms with Gasteiger partial charge in [0.2, 0.25) is 5.91 Å². The summed E-state index contributed by atoms with van der Waals surface area (Å²) in [4.78, 5) is 18.8. The molecule has 1 aliphatic heterocycles. The minimum atomic E-state index is -0.192. The van der Waals surface area contributed by atoms with E-state index in [9.17, 15) is 4.79 Å². The van der Waals surface area contributed by atoms with Gasteiger partial charge in [-0.1, -0.05) is 17.7 Å². The van der Waals surface area contributed by atoms with E-state index in [-0.39, 0.29) is 11.9 Å². The molecule has 1 unspecified atom stereocenters. The van der Waals surface area contributed by atoms with Crippen LogP contribution in [-0.2, 0) is 16.6 Å². The molecule has 0 spiro atoms. The Bertz CT molecular complexity index is 748. The number of nitrogens with one attached hydrogen (secondary N) is 1. The number of halogens is 1. The highest BCUT2D eigenvalue weighted by atomic mass is 35.5. The first-order valence-corrected chi connectivity index (χ1v) is 8.65. The van der Waals surface area contributed by atoms with Crippen LogP contribution < -0.4 is 5.32 Å². The van der Waals surface area contributed by atoms with E-state index < -0.39 is 0 Å². The molecular weight excluding hydrogens is 342 g/mol. The number of ether oxygens (including phenoxy) is 1. The number of aromatic nitrogens is 3. The van der Waals surface area contributed by atoms with Crippen molar-refractivity contribution >= 4 is 23.2 Å². The van der Waals surface area contributed by atoms with Crippen LogP contribution in [0.25, 0.3) is 0 Å². The fourth-order valence-electron chi connectivity index (χ4n) is 2.88. The predicted octanol–water partition coefficient (Wildman–Crippen LogP) is 2.18. The average molecular weight is 364 g/mol. The molecular formula is C17H22ClN5O2. The summed E-state index contributed by atoms with van der Waals surface area (Å²) in [6, 6.07) is 5.60. The van der Waals surface area contributed by atoms with E-state index in [1.54, 1.807) is 4.68 Å². The average Bonchev–Trinajstić information content (AvgIpc) is 3.04. The van der Waals surface area contributed by atoms with Crippen molar-refractivity contribution in [3.8, 4) is 0 Å². The Kier molecular flexibility index (Phi) is 5.55. The number of carbonyl (C=O) groups excluding carboxylic acids is 1. The Hall–Kier alpha value is -2.12. The van der Waals surface area contributed by atoms with Gasteiger partial charge in [-0.05, 0) is 24.6 Å². The molecule has 1 aromatic carbocycles. The number of aryl methyl sites for hydroxylation is 2. The molecule has 1 N–H and O–H groups in total. The van der Waals surface area contributed by atoms with Crippen LogP contribution in [0, 0.1) is 6.92 Å². The van der Waals surface area contributed by atoms with Crippen LogP contribution in [0.15, 0.2) is 24.5 Å². The summed E-state index contributed by atoms with van der Waals surface area (Å²) < 4.78 is 7.22. The van der Waals surface area contributed by atoms with Crippen LogP contribution in [0.1, 0.15) is 23.9 Å². The highest BCUT2D eigenvalue weighted by Crippen LogP contribution is 2.23. The van der Waals surface area contributed by atoms with E-state index in [2.05, 4.69) is 15.4 Å². The third-order valence-corrected chi connectivity index (χ3v) is 4.74. The van der Waals surface area contributed by atoms with E-state index in [4.69, 9.17) is 16.3 Å². The lowest BCUT2D eigenvalue weighted by atomic mass is 10.2. The number of carbonyl (C=O) groups is 1. The van der Waals surface area contributed by atoms with Crippen LogP contribution in [0.3, 0.4) is 0 Å². The maximum atomic E-state index is 12.7. The van der Waals surface area contributed by atoms with E-state index in [0.717, 1.165) is 17.1 Å². The predicted molar refractivity (Wildman–Crippen MR) is 95.6 cm³/mol. The van der Waals surface area contributed by atoms with Crippen molar-refractivity contribution in [1.29, 1.82) is 0 Å². The Morgan fingerprint density at radius 1 is 1.48 bits per heavy atom. The molecule has 1 amide bonds. The summed E-state index contributed by atoms with van der Waals surface area (Å²) in [7, 11) is 1.82. The van der Waals surface area contributed by atoms with Gasteiger partial charge >= 0.3 is 0 Å². The first-order valence-electron chi connectivity index (χ1n) is 8.27. The Balaban J connectivity index is 1.59. The lowest BCUT2D eigenvalue weighted by Crippen LogP contribution is -2.44. The molecule has 2 heterocycles. The minimum absolute atomic E-state index is 0.0713. The highest BCUT2D eigenvalue weighted by Gasteiger charge is 2.31. The molecule has 0 aliphatic carbocycles. The largest absolute Gasteiger partial charge is 0.384 e. The fourth-order valence-corrected chi connectivity index (χ4v) is 3.06. The molecule has 7 nitrogen and oxygen atoms in total. The Labute approximate surface area is 151 Å². The number of benzene rings is 1. The topological polar surface area (TPSA) is 72.3 Å². The number of anilines is 1. The molecule has 134 valence electrons. The number of morpholine rings is 1. The zero-order chi connectivity index (χ0) is 17.8. The summed E-state index contributed by atoms with van der Waals surface area (Å²) in [5.74, 6) is 0.813. The molecule has 0 radical (unpaired) electrons. The van der Waals surface area contributed by atoms with Crippen molar-refractivity contribution < 1.29 is 9.53 Å². The summed E-state index contributed by atoms with van der Waals surface area (Å²) in [6.45, 7) is 4.05. The van der Waals surface area contributed by atoms with Crippen LogP contribution in [0.5, 0.6) is 0 Å². The molecule has 1 fully saturated rings. The van der Waals surface area contributed by atoms with Gasteiger partial charge in [0.1, 0.15) is 12.4 Å². The summed E-state index contributed by atoms with van der Waals surface area (Å²) >= 11 is 6.12. The van der Waals surface area contributed by atoms with E-state index in [0.29, 0.717) is 37.7 Å². The van der Waals surface area contributed by atoms with Crippen LogP contribution in [0.2, 0.25) is 5.02 Å². The number of amides is 1. The number of nitrogens with zero attached hydrogens (tertiary/aromatic N) is 4. The van der Waals surface area contributed by atoms with Gasteiger partial charge in [-0.25, -0.2) is 4.98 Å². The first-order chi connectivity index (χ1) is 12.1. The lowest BCUT2D eigenvalue weighted by molar-refractivity contribution is -0.140. The maximum Gasteiger partial charge on any atom is 0.225 e. The van der Waals surface area contributed by atoms with Gasteiger partial charge in [-0.3, -0.25) is 9.48 Å². The summed E-state index contributed by atoms with van der Waals surface area (Å²) in [5.41, 5.74) is 1.94. The zero-order valence-electron chi connectivity index (χ0n) is 14.4. The molecule has 1 aromatic heterocycles. The van der Waals surface area contributed by atoms with Gasteiger partial charge in [0.25, 0.3) is 0 Å². The van der Waals surface area contributed by atoms with Gasteiger partial charge in [0, 0.05) is 37.3 Å². The van der Waals surface area contributed by atoms with Crippen molar-refractivity contribution in [2.24, 2.45) is 7.05 Å². The highest BCUT2D eigenvalue weighted by molar-refractivity contribution is 6.31. The van der Waals surface area contributed by atoms with Crippen molar-refractivity contribution in [3.63, 3.8) is 0 Å². The van der Waals surface area contributed by atoms with E-state index in [1.807, 2.05) is 37.1 Å². The molecule has 0 saturated carbocycles. The van der Waals surface area contributed by atoms with Gasteiger partial charge in [-0.15, -0.1) is 0 Å². The van der Waals surface area contributed by atoms with Crippen molar-refractivity contribution in [2.45, 2.75) is 19.4 Å². The standard InChI is InChI=1S/C17H22ClN5O2/c1-12-3-4-13(9-14(12)18)19-6-5-16(24)23-7-8-25-10-15(23)17-20-11-21-22(17)2/h3-4,9,11,15,19H,5-8,10H2,1-2H3. The number of hydrogen-bond donors (Lipinski definition) is 1. The molecule has 3 rings (SSSR count). The zero-order valence-corrected chi connectivity index (χ0v) is 15.2. The molecule has 2 aromatic rings. The maximum absolute atomic E-state index is 12.7. The van der Waals surface area contributed by atoms with Crippen molar-refractivity contribution in [3.05, 3.63) is 40.9 Å². The molecule has 25 heavy (non-hydrogen) atoms.